The summed E-state index contributed by atoms with van der Waals surface area (Å²) in [7, 11) is 0. The second kappa shape index (κ2) is 3.87. The van der Waals surface area contributed by atoms with E-state index in [-0.39, 0.29) is 5.41 Å². The molecule has 3 nitrogen and oxygen atoms in total. The third kappa shape index (κ3) is 1.90. The Morgan fingerprint density at radius 2 is 2.11 bits per heavy atom. The second-order valence-electron chi connectivity index (χ2n) is 5.50. The zero-order valence-electron chi connectivity index (χ0n) is 10.5. The van der Waals surface area contributed by atoms with E-state index in [4.69, 9.17) is 5.11 Å². The van der Waals surface area contributed by atoms with Crippen LogP contribution >= 0.6 is 0 Å². The van der Waals surface area contributed by atoms with Gasteiger partial charge in [0, 0.05) is 17.8 Å². The van der Waals surface area contributed by atoms with Crippen molar-refractivity contribution < 1.29 is 9.90 Å². The van der Waals surface area contributed by atoms with Gasteiger partial charge in [0.05, 0.1) is 6.42 Å². The average Bonchev–Trinajstić information content (AvgIpc) is 2.98. The zero-order chi connectivity index (χ0) is 12.8. The van der Waals surface area contributed by atoms with Crippen molar-refractivity contribution in [3.8, 4) is 0 Å². The Bertz CT molecular complexity index is 608. The Morgan fingerprint density at radius 3 is 2.78 bits per heavy atom. The van der Waals surface area contributed by atoms with Gasteiger partial charge in [0.25, 0.3) is 0 Å². The van der Waals surface area contributed by atoms with E-state index in [1.165, 1.54) is 16.6 Å². The van der Waals surface area contributed by atoms with Gasteiger partial charge in [-0.15, -0.1) is 0 Å². The molecule has 1 aliphatic carbocycles. The molecule has 0 unspecified atom stereocenters. The van der Waals surface area contributed by atoms with Crippen LogP contribution in [0.5, 0.6) is 0 Å². The van der Waals surface area contributed by atoms with E-state index in [1.807, 2.05) is 12.1 Å². The molecule has 1 aromatic carbocycles. The number of fused-ring (bicyclic) bond motifs is 1. The zero-order valence-corrected chi connectivity index (χ0v) is 10.5. The van der Waals surface area contributed by atoms with E-state index in [1.54, 1.807) is 0 Å². The summed E-state index contributed by atoms with van der Waals surface area (Å²) in [6, 6.07) is 10.5. The highest BCUT2D eigenvalue weighted by molar-refractivity contribution is 5.81. The first-order valence-electron chi connectivity index (χ1n) is 6.36. The van der Waals surface area contributed by atoms with E-state index in [0.29, 0.717) is 6.42 Å². The van der Waals surface area contributed by atoms with E-state index in [0.717, 1.165) is 19.4 Å². The summed E-state index contributed by atoms with van der Waals surface area (Å²) in [6.07, 6.45) is 2.36. The first-order valence-corrected chi connectivity index (χ1v) is 6.36. The van der Waals surface area contributed by atoms with Gasteiger partial charge in [-0.3, -0.25) is 4.79 Å². The lowest BCUT2D eigenvalue weighted by Gasteiger charge is -2.16. The number of benzene rings is 1. The number of hydrogen-bond donors (Lipinski definition) is 1. The van der Waals surface area contributed by atoms with Gasteiger partial charge >= 0.3 is 5.97 Å². The number of aryl methyl sites for hydroxylation is 1. The molecule has 0 aliphatic heterocycles. The second-order valence-corrected chi connectivity index (χ2v) is 5.50. The molecular formula is C15H17NO2. The Hall–Kier alpha value is -1.77. The first-order chi connectivity index (χ1) is 8.60. The molecule has 1 N–H and O–H groups in total. The van der Waals surface area contributed by atoms with Crippen LogP contribution < -0.4 is 0 Å². The van der Waals surface area contributed by atoms with Crippen LogP contribution in [0.15, 0.2) is 30.3 Å². The highest BCUT2D eigenvalue weighted by Gasteiger charge is 2.44. The van der Waals surface area contributed by atoms with Crippen LogP contribution in [0, 0.1) is 12.3 Å². The summed E-state index contributed by atoms with van der Waals surface area (Å²) in [5, 5.41) is 10.2. The van der Waals surface area contributed by atoms with Crippen molar-refractivity contribution in [1.82, 2.24) is 4.57 Å². The number of hydrogen-bond acceptors (Lipinski definition) is 1. The quantitative estimate of drug-likeness (QED) is 0.896. The van der Waals surface area contributed by atoms with Gasteiger partial charge in [-0.25, -0.2) is 0 Å². The lowest BCUT2D eigenvalue weighted by atomic mass is 10.0. The predicted molar refractivity (Wildman–Crippen MR) is 70.6 cm³/mol. The smallest absolute Gasteiger partial charge is 0.303 e. The van der Waals surface area contributed by atoms with Gasteiger partial charge in [0.2, 0.25) is 0 Å². The van der Waals surface area contributed by atoms with Crippen molar-refractivity contribution >= 4 is 16.9 Å². The topological polar surface area (TPSA) is 42.2 Å². The highest BCUT2D eigenvalue weighted by atomic mass is 16.4. The van der Waals surface area contributed by atoms with Crippen LogP contribution in [0.1, 0.15) is 25.0 Å². The predicted octanol–water partition coefficient (Wildman–Crippen LogP) is 3.20. The molecule has 1 heterocycles. The van der Waals surface area contributed by atoms with Crippen LogP contribution in [0.25, 0.3) is 10.9 Å². The SMILES string of the molecule is Cc1cc2ccccc2n1CC1(CC(=O)O)CC1. The Morgan fingerprint density at radius 1 is 1.39 bits per heavy atom. The van der Waals surface area contributed by atoms with Crippen molar-refractivity contribution in [3.05, 3.63) is 36.0 Å². The van der Waals surface area contributed by atoms with Gasteiger partial charge in [-0.2, -0.15) is 0 Å². The lowest BCUT2D eigenvalue weighted by Crippen LogP contribution is -2.16. The minimum absolute atomic E-state index is 0.00160. The van der Waals surface area contributed by atoms with Gasteiger partial charge < -0.3 is 9.67 Å². The first kappa shape index (κ1) is 11.3. The molecule has 94 valence electrons. The summed E-state index contributed by atoms with van der Waals surface area (Å²) >= 11 is 0. The fraction of sp³-hybridized carbons (Fsp3) is 0.400. The van der Waals surface area contributed by atoms with Crippen molar-refractivity contribution in [2.24, 2.45) is 5.41 Å². The number of nitrogens with zero attached hydrogens (tertiary/aromatic N) is 1. The molecule has 18 heavy (non-hydrogen) atoms. The summed E-state index contributed by atoms with van der Waals surface area (Å²) in [5.41, 5.74) is 2.43. The molecule has 0 saturated heterocycles. The summed E-state index contributed by atoms with van der Waals surface area (Å²) in [5.74, 6) is -0.679. The third-order valence-electron chi connectivity index (χ3n) is 3.99. The molecule has 0 radical (unpaired) electrons. The van der Waals surface area contributed by atoms with Gasteiger partial charge in [0.15, 0.2) is 0 Å². The van der Waals surface area contributed by atoms with Crippen LogP contribution in [-0.4, -0.2) is 15.6 Å². The van der Waals surface area contributed by atoms with E-state index in [2.05, 4.69) is 29.7 Å². The number of carboxylic acid groups (broad SMARTS) is 1. The fourth-order valence-corrected chi connectivity index (χ4v) is 2.78. The van der Waals surface area contributed by atoms with Crippen LogP contribution in [0.2, 0.25) is 0 Å². The molecule has 3 heteroatoms. The summed E-state index contributed by atoms with van der Waals surface area (Å²) in [4.78, 5) is 10.9. The standard InChI is InChI=1S/C15H17NO2/c1-11-8-12-4-2-3-5-13(12)16(11)10-15(6-7-15)9-14(17)18/h2-5,8H,6-7,9-10H2,1H3,(H,17,18). The maximum absolute atomic E-state index is 10.9. The lowest BCUT2D eigenvalue weighted by molar-refractivity contribution is -0.138. The van der Waals surface area contributed by atoms with Crippen LogP contribution in [-0.2, 0) is 11.3 Å². The fourth-order valence-electron chi connectivity index (χ4n) is 2.78. The maximum atomic E-state index is 10.9. The molecule has 0 bridgehead atoms. The number of aliphatic carboxylic acids is 1. The molecule has 1 saturated carbocycles. The minimum atomic E-state index is -0.679. The molecule has 0 spiro atoms. The van der Waals surface area contributed by atoms with Crippen molar-refractivity contribution in [2.75, 3.05) is 0 Å². The highest BCUT2D eigenvalue weighted by Crippen LogP contribution is 2.50. The normalized spacial score (nSPS) is 16.9. The third-order valence-corrected chi connectivity index (χ3v) is 3.99. The Labute approximate surface area is 106 Å². The number of carbonyl (C=O) groups is 1. The summed E-state index contributed by atoms with van der Waals surface area (Å²) in [6.45, 7) is 2.93. The Kier molecular flexibility index (Phi) is 2.44. The molecular weight excluding hydrogens is 226 g/mol. The number of para-hydroxylation sites is 1. The van der Waals surface area contributed by atoms with Crippen LogP contribution in [0.3, 0.4) is 0 Å². The average molecular weight is 243 g/mol. The van der Waals surface area contributed by atoms with Crippen molar-refractivity contribution in [2.45, 2.75) is 32.7 Å². The number of carboxylic acids is 1. The van der Waals surface area contributed by atoms with Crippen molar-refractivity contribution in [3.63, 3.8) is 0 Å². The summed E-state index contributed by atoms with van der Waals surface area (Å²) < 4.78 is 2.27. The van der Waals surface area contributed by atoms with E-state index >= 15 is 0 Å². The van der Waals surface area contributed by atoms with E-state index < -0.39 is 5.97 Å². The van der Waals surface area contributed by atoms with Crippen molar-refractivity contribution in [1.29, 1.82) is 0 Å². The van der Waals surface area contributed by atoms with Gasteiger partial charge in [0.1, 0.15) is 0 Å². The van der Waals surface area contributed by atoms with E-state index in [9.17, 15) is 4.79 Å². The number of rotatable bonds is 4. The van der Waals surface area contributed by atoms with Gasteiger partial charge in [-0.1, -0.05) is 18.2 Å². The monoisotopic (exact) mass is 243 g/mol. The molecule has 0 amide bonds. The molecule has 1 aliphatic rings. The molecule has 0 atom stereocenters. The largest absolute Gasteiger partial charge is 0.481 e. The maximum Gasteiger partial charge on any atom is 0.303 e. The Balaban J connectivity index is 1.95. The minimum Gasteiger partial charge on any atom is -0.481 e. The van der Waals surface area contributed by atoms with Crippen LogP contribution in [0.4, 0.5) is 0 Å². The molecule has 1 aromatic heterocycles. The number of aromatic nitrogens is 1. The molecule has 3 rings (SSSR count). The molecule has 2 aromatic rings. The molecule has 1 fully saturated rings. The van der Waals surface area contributed by atoms with Gasteiger partial charge in [-0.05, 0) is 42.7 Å².